The van der Waals surface area contributed by atoms with Crippen LogP contribution in [0.4, 0.5) is 4.79 Å². The minimum absolute atomic E-state index is 0.00667. The molecule has 0 heterocycles. The van der Waals surface area contributed by atoms with Crippen molar-refractivity contribution in [3.05, 3.63) is 0 Å². The number of unbranched alkanes of at least 4 members (excludes halogenated alkanes) is 9. The Bertz CT molecular complexity index is 1140. The summed E-state index contributed by atoms with van der Waals surface area (Å²) in [5, 5.41) is 20.9. The van der Waals surface area contributed by atoms with E-state index in [1.54, 1.807) is 0 Å². The molecule has 394 valence electrons. The average molecular weight is 971 g/mol. The van der Waals surface area contributed by atoms with Gasteiger partial charge in [-0.2, -0.15) is 0 Å². The Kier molecular flexibility index (Phi) is 50.1. The molecule has 0 saturated carbocycles. The third-order valence-electron chi connectivity index (χ3n) is 9.51. The summed E-state index contributed by atoms with van der Waals surface area (Å²) in [7, 11) is 0. The summed E-state index contributed by atoms with van der Waals surface area (Å²) in [4.78, 5) is 58.1. The number of aliphatic carboxylic acids is 1. The van der Waals surface area contributed by atoms with Crippen LogP contribution in [0.3, 0.4) is 0 Å². The van der Waals surface area contributed by atoms with Crippen molar-refractivity contribution >= 4 is 30.2 Å². The highest BCUT2D eigenvalue weighted by atomic mass is 16.6. The Labute approximate surface area is 398 Å². The molecule has 1 atom stereocenters. The molecule has 0 aromatic rings. The minimum atomic E-state index is -1.25. The van der Waals surface area contributed by atoms with Crippen LogP contribution in [0.25, 0.3) is 0 Å². The van der Waals surface area contributed by atoms with Crippen LogP contribution in [0.5, 0.6) is 0 Å². The second-order valence-electron chi connectivity index (χ2n) is 15.1. The van der Waals surface area contributed by atoms with E-state index in [0.717, 1.165) is 17.7 Å². The first-order valence-electron chi connectivity index (χ1n) is 24.2. The van der Waals surface area contributed by atoms with E-state index in [4.69, 9.17) is 61.9 Å². The summed E-state index contributed by atoms with van der Waals surface area (Å²) in [6.45, 7) is 11.5. The van der Waals surface area contributed by atoms with Crippen LogP contribution in [0.1, 0.15) is 96.8 Å². The van der Waals surface area contributed by atoms with E-state index >= 15 is 0 Å². The standard InChI is InChI=1S/C46H86N2O19/c1-2-3-4-5-6-7-8-9-10-11-14-44(51)48(46(54)55)16-19-57-21-23-59-25-27-61-29-31-63-33-35-65-37-39-67-41-40-66-38-36-64-34-32-62-30-28-60-26-24-58-22-20-56-18-15-43(50)47-42(45(52)53)13-12-17-49/h17,42H,2-16,18-41H2,1H3,(H,47,50)(H,52,53)(H,54,55). The zero-order valence-electron chi connectivity index (χ0n) is 40.5. The average Bonchev–Trinajstić information content (AvgIpc) is 3.31. The molecular weight excluding hydrogens is 885 g/mol. The van der Waals surface area contributed by atoms with Crippen molar-refractivity contribution in [3.63, 3.8) is 0 Å². The lowest BCUT2D eigenvalue weighted by Crippen LogP contribution is -2.41. The van der Waals surface area contributed by atoms with Gasteiger partial charge in [-0.3, -0.25) is 9.59 Å². The van der Waals surface area contributed by atoms with Gasteiger partial charge in [0.15, 0.2) is 0 Å². The van der Waals surface area contributed by atoms with Gasteiger partial charge in [-0.15, -0.1) is 0 Å². The van der Waals surface area contributed by atoms with Crippen molar-refractivity contribution in [2.75, 3.05) is 165 Å². The fourth-order valence-corrected chi connectivity index (χ4v) is 5.83. The molecule has 67 heavy (non-hydrogen) atoms. The summed E-state index contributed by atoms with van der Waals surface area (Å²) in [5.41, 5.74) is 0. The van der Waals surface area contributed by atoms with Gasteiger partial charge < -0.3 is 77.2 Å². The highest BCUT2D eigenvalue weighted by molar-refractivity contribution is 5.91. The number of aldehydes is 1. The molecule has 0 spiro atoms. The van der Waals surface area contributed by atoms with Gasteiger partial charge in [-0.1, -0.05) is 64.7 Å². The van der Waals surface area contributed by atoms with Crippen LogP contribution in [0, 0.1) is 0 Å². The molecule has 21 nitrogen and oxygen atoms in total. The van der Waals surface area contributed by atoms with E-state index < -0.39 is 24.0 Å². The Balaban J connectivity index is 3.32. The number of nitrogens with zero attached hydrogens (tertiary/aromatic N) is 1. The van der Waals surface area contributed by atoms with Crippen molar-refractivity contribution in [1.29, 1.82) is 0 Å². The van der Waals surface area contributed by atoms with Gasteiger partial charge in [0.25, 0.3) is 0 Å². The van der Waals surface area contributed by atoms with Crippen molar-refractivity contribution in [2.24, 2.45) is 0 Å². The molecular formula is C46H86N2O19. The molecule has 0 bridgehead atoms. The highest BCUT2D eigenvalue weighted by Crippen LogP contribution is 2.12. The number of carbonyl (C=O) groups excluding carboxylic acids is 3. The number of hydrogen-bond donors (Lipinski definition) is 3. The maximum Gasteiger partial charge on any atom is 0.414 e. The molecule has 0 rings (SSSR count). The minimum Gasteiger partial charge on any atom is -0.480 e. The normalized spacial score (nSPS) is 11.8. The summed E-state index contributed by atoms with van der Waals surface area (Å²) in [6, 6.07) is -1.09. The second kappa shape index (κ2) is 52.4. The molecule has 0 aliphatic carbocycles. The van der Waals surface area contributed by atoms with E-state index in [9.17, 15) is 29.1 Å². The fourth-order valence-electron chi connectivity index (χ4n) is 5.83. The third-order valence-corrected chi connectivity index (χ3v) is 9.51. The molecule has 0 aliphatic rings. The van der Waals surface area contributed by atoms with Gasteiger partial charge in [-0.05, 0) is 12.8 Å². The van der Waals surface area contributed by atoms with Crippen molar-refractivity contribution in [3.8, 4) is 0 Å². The molecule has 0 radical (unpaired) electrons. The zero-order chi connectivity index (χ0) is 48.9. The maximum absolute atomic E-state index is 12.4. The van der Waals surface area contributed by atoms with Gasteiger partial charge in [0.2, 0.25) is 11.8 Å². The number of amides is 3. The van der Waals surface area contributed by atoms with Crippen LogP contribution >= 0.6 is 0 Å². The van der Waals surface area contributed by atoms with E-state index in [0.29, 0.717) is 151 Å². The highest BCUT2D eigenvalue weighted by Gasteiger charge is 2.20. The number of nitrogens with one attached hydrogen (secondary N) is 1. The van der Waals surface area contributed by atoms with Crippen LogP contribution in [0.15, 0.2) is 0 Å². The van der Waals surface area contributed by atoms with E-state index in [-0.39, 0.29) is 58.0 Å². The molecule has 0 fully saturated rings. The van der Waals surface area contributed by atoms with Crippen molar-refractivity contribution < 1.29 is 91.0 Å². The summed E-state index contributed by atoms with van der Waals surface area (Å²) < 4.78 is 65.5. The number of imide groups is 1. The smallest absolute Gasteiger partial charge is 0.414 e. The van der Waals surface area contributed by atoms with Crippen LogP contribution < -0.4 is 5.32 Å². The molecule has 3 N–H and O–H groups in total. The Morgan fingerprint density at radius 3 is 1.07 bits per heavy atom. The van der Waals surface area contributed by atoms with E-state index in [1.165, 1.54) is 44.9 Å². The number of rotatable bonds is 55. The number of carbonyl (C=O) groups is 5. The number of hydrogen-bond acceptors (Lipinski definition) is 17. The first-order chi connectivity index (χ1) is 32.8. The lowest BCUT2D eigenvalue weighted by molar-refractivity contribution is -0.142. The number of carboxylic acid groups (broad SMARTS) is 2. The zero-order valence-corrected chi connectivity index (χ0v) is 40.5. The Morgan fingerprint density at radius 1 is 0.448 bits per heavy atom. The topological polar surface area (TPSA) is 252 Å². The third kappa shape index (κ3) is 47.9. The van der Waals surface area contributed by atoms with Crippen molar-refractivity contribution in [1.82, 2.24) is 10.2 Å². The van der Waals surface area contributed by atoms with E-state index in [1.807, 2.05) is 0 Å². The lowest BCUT2D eigenvalue weighted by Gasteiger charge is -2.17. The molecule has 21 heteroatoms. The largest absolute Gasteiger partial charge is 0.480 e. The molecule has 0 aromatic heterocycles. The fraction of sp³-hybridized carbons (Fsp3) is 0.891. The monoisotopic (exact) mass is 971 g/mol. The van der Waals surface area contributed by atoms with Crippen molar-refractivity contribution in [2.45, 2.75) is 103 Å². The first kappa shape index (κ1) is 64.1. The molecule has 0 aromatic carbocycles. The van der Waals surface area contributed by atoms with Gasteiger partial charge in [-0.25, -0.2) is 14.5 Å². The van der Waals surface area contributed by atoms with Crippen LogP contribution in [-0.4, -0.2) is 216 Å². The predicted molar refractivity (Wildman–Crippen MR) is 246 cm³/mol. The van der Waals surface area contributed by atoms with Crippen LogP contribution in [0.2, 0.25) is 0 Å². The van der Waals surface area contributed by atoms with Gasteiger partial charge in [0, 0.05) is 19.3 Å². The van der Waals surface area contributed by atoms with Gasteiger partial charge in [0.05, 0.1) is 165 Å². The quantitative estimate of drug-likeness (QED) is 0.0577. The first-order valence-corrected chi connectivity index (χ1v) is 24.2. The summed E-state index contributed by atoms with van der Waals surface area (Å²) in [5.74, 6) is -2.01. The summed E-state index contributed by atoms with van der Waals surface area (Å²) >= 11 is 0. The predicted octanol–water partition coefficient (Wildman–Crippen LogP) is 3.94. The van der Waals surface area contributed by atoms with E-state index in [2.05, 4.69) is 12.2 Å². The maximum atomic E-state index is 12.4. The summed E-state index contributed by atoms with van der Waals surface area (Å²) in [6.07, 6.45) is 11.3. The number of ether oxygens (including phenoxy) is 12. The SMILES string of the molecule is CCCCCCCCCCCCC(=O)N(CCOCCOCCOCCOCCOCCOCCOCCOCCOCCOCCOCCOCCC(=O)NC(CCC=O)C(=O)O)C(=O)O. The molecule has 0 aliphatic heterocycles. The van der Waals surface area contributed by atoms with Gasteiger partial charge >= 0.3 is 12.1 Å². The number of carboxylic acids is 1. The lowest BCUT2D eigenvalue weighted by atomic mass is 10.1. The molecule has 3 amide bonds. The molecule has 1 unspecified atom stereocenters. The second-order valence-corrected chi connectivity index (χ2v) is 15.1. The van der Waals surface area contributed by atoms with Crippen LogP contribution in [-0.2, 0) is 76.0 Å². The Hall–Kier alpha value is -2.93. The van der Waals surface area contributed by atoms with Gasteiger partial charge in [0.1, 0.15) is 12.3 Å². The molecule has 0 saturated heterocycles. The Morgan fingerprint density at radius 2 is 0.761 bits per heavy atom.